The molecule has 136 valence electrons. The number of aromatic nitrogens is 2. The maximum atomic E-state index is 12.2. The lowest BCUT2D eigenvalue weighted by molar-refractivity contribution is -0.384. The molecule has 0 atom stereocenters. The van der Waals surface area contributed by atoms with Gasteiger partial charge in [0.15, 0.2) is 0 Å². The number of amides is 1. The van der Waals surface area contributed by atoms with E-state index >= 15 is 0 Å². The molecule has 0 aliphatic rings. The van der Waals surface area contributed by atoms with E-state index in [1.165, 1.54) is 12.1 Å². The number of rotatable bonds is 5. The molecule has 0 spiro atoms. The van der Waals surface area contributed by atoms with Gasteiger partial charge < -0.3 is 0 Å². The number of hydrogen-bond donors (Lipinski definition) is 2. The minimum Gasteiger partial charge on any atom is -0.272 e. The summed E-state index contributed by atoms with van der Waals surface area (Å²) in [5, 5.41) is 22.2. The van der Waals surface area contributed by atoms with Crippen LogP contribution in [-0.2, 0) is 0 Å². The number of nitro groups is 1. The van der Waals surface area contributed by atoms with Crippen molar-refractivity contribution in [3.05, 3.63) is 81.0 Å². The number of hydrazone groups is 1. The predicted molar refractivity (Wildman–Crippen MR) is 102 cm³/mol. The second kappa shape index (κ2) is 7.79. The molecule has 0 aliphatic carbocycles. The molecule has 0 fully saturated rings. The van der Waals surface area contributed by atoms with E-state index in [0.717, 1.165) is 5.56 Å². The molecule has 1 amide bonds. The molecule has 0 bridgehead atoms. The standard InChI is InChI=1S/C18H14ClN5O3/c1-11(13-3-2-4-15(9-13)24(26)27)20-23-18(25)17-10-16(21-22-17)12-5-7-14(19)8-6-12/h2-10H,1H3,(H,21,22)(H,23,25)/b20-11-. The molecule has 9 heteroatoms. The van der Waals surface area contributed by atoms with E-state index in [9.17, 15) is 14.9 Å². The first-order valence-electron chi connectivity index (χ1n) is 7.85. The largest absolute Gasteiger partial charge is 0.289 e. The average Bonchev–Trinajstić information content (AvgIpc) is 3.16. The van der Waals surface area contributed by atoms with Crippen molar-refractivity contribution < 1.29 is 9.72 Å². The van der Waals surface area contributed by atoms with Crippen LogP contribution in [0.3, 0.4) is 0 Å². The number of hydrogen-bond acceptors (Lipinski definition) is 5. The lowest BCUT2D eigenvalue weighted by atomic mass is 10.1. The van der Waals surface area contributed by atoms with Gasteiger partial charge in [0.25, 0.3) is 11.6 Å². The highest BCUT2D eigenvalue weighted by molar-refractivity contribution is 6.30. The summed E-state index contributed by atoms with van der Waals surface area (Å²) < 4.78 is 0. The molecule has 3 aromatic rings. The summed E-state index contributed by atoms with van der Waals surface area (Å²) in [6.07, 6.45) is 0. The Morgan fingerprint density at radius 1 is 1.22 bits per heavy atom. The quantitative estimate of drug-likeness (QED) is 0.396. The number of halogens is 1. The molecule has 0 radical (unpaired) electrons. The van der Waals surface area contributed by atoms with Crippen LogP contribution in [0.15, 0.2) is 59.7 Å². The van der Waals surface area contributed by atoms with Crippen molar-refractivity contribution in [2.45, 2.75) is 6.92 Å². The van der Waals surface area contributed by atoms with E-state index in [1.54, 1.807) is 49.4 Å². The molecule has 3 rings (SSSR count). The maximum Gasteiger partial charge on any atom is 0.289 e. The SMILES string of the molecule is C/C(=N/NC(=O)c1cc(-c2ccc(Cl)cc2)n[nH]1)c1cccc([N+](=O)[O-])c1. The fourth-order valence-electron chi connectivity index (χ4n) is 2.31. The normalized spacial score (nSPS) is 11.3. The number of non-ortho nitro benzene ring substituents is 1. The lowest BCUT2D eigenvalue weighted by Crippen LogP contribution is -2.19. The summed E-state index contributed by atoms with van der Waals surface area (Å²) in [5.74, 6) is -0.479. The van der Waals surface area contributed by atoms with Crippen LogP contribution in [0.5, 0.6) is 0 Å². The van der Waals surface area contributed by atoms with Gasteiger partial charge in [-0.2, -0.15) is 10.2 Å². The van der Waals surface area contributed by atoms with Crippen LogP contribution in [0.2, 0.25) is 5.02 Å². The van der Waals surface area contributed by atoms with E-state index < -0.39 is 10.8 Å². The molecule has 8 nitrogen and oxygen atoms in total. The predicted octanol–water partition coefficient (Wildman–Crippen LogP) is 3.79. The minimum absolute atomic E-state index is 0.0467. The Hall–Kier alpha value is -3.52. The van der Waals surface area contributed by atoms with E-state index in [4.69, 9.17) is 11.6 Å². The van der Waals surface area contributed by atoms with Gasteiger partial charge in [-0.3, -0.25) is 20.0 Å². The van der Waals surface area contributed by atoms with Gasteiger partial charge in [-0.25, -0.2) is 5.43 Å². The van der Waals surface area contributed by atoms with Crippen LogP contribution >= 0.6 is 11.6 Å². The second-order valence-corrected chi connectivity index (χ2v) is 6.06. The highest BCUT2D eigenvalue weighted by Crippen LogP contribution is 2.20. The molecule has 1 heterocycles. The fourth-order valence-corrected chi connectivity index (χ4v) is 2.44. The highest BCUT2D eigenvalue weighted by Gasteiger charge is 2.12. The third kappa shape index (κ3) is 4.36. The summed E-state index contributed by atoms with van der Waals surface area (Å²) in [6.45, 7) is 1.64. The zero-order chi connectivity index (χ0) is 19.4. The molecule has 0 saturated carbocycles. The van der Waals surface area contributed by atoms with Crippen molar-refractivity contribution >= 4 is 28.9 Å². The van der Waals surface area contributed by atoms with Crippen molar-refractivity contribution in [2.24, 2.45) is 5.10 Å². The average molecular weight is 384 g/mol. The summed E-state index contributed by atoms with van der Waals surface area (Å²) in [4.78, 5) is 22.6. The minimum atomic E-state index is -0.488. The van der Waals surface area contributed by atoms with Gasteiger partial charge in [-0.15, -0.1) is 0 Å². The maximum absolute atomic E-state index is 12.2. The molecule has 2 aromatic carbocycles. The van der Waals surface area contributed by atoms with Crippen molar-refractivity contribution in [1.82, 2.24) is 15.6 Å². The smallest absolute Gasteiger partial charge is 0.272 e. The van der Waals surface area contributed by atoms with E-state index in [0.29, 0.717) is 22.0 Å². The number of nitrogens with one attached hydrogen (secondary N) is 2. The number of H-pyrrole nitrogens is 1. The zero-order valence-electron chi connectivity index (χ0n) is 14.1. The van der Waals surface area contributed by atoms with Gasteiger partial charge in [0.05, 0.1) is 16.3 Å². The van der Waals surface area contributed by atoms with Crippen molar-refractivity contribution in [3.63, 3.8) is 0 Å². The van der Waals surface area contributed by atoms with Crippen LogP contribution in [0.25, 0.3) is 11.3 Å². The Balaban J connectivity index is 1.72. The lowest BCUT2D eigenvalue weighted by Gasteiger charge is -2.02. The molecular weight excluding hydrogens is 370 g/mol. The van der Waals surface area contributed by atoms with E-state index in [-0.39, 0.29) is 11.4 Å². The van der Waals surface area contributed by atoms with Gasteiger partial charge in [0.2, 0.25) is 0 Å². The Kier molecular flexibility index (Phi) is 5.28. The monoisotopic (exact) mass is 383 g/mol. The van der Waals surface area contributed by atoms with Crippen LogP contribution in [0.1, 0.15) is 23.0 Å². The molecule has 1 aromatic heterocycles. The fraction of sp³-hybridized carbons (Fsp3) is 0.0556. The van der Waals surface area contributed by atoms with Gasteiger partial charge in [0.1, 0.15) is 5.69 Å². The number of carbonyl (C=O) groups excluding carboxylic acids is 1. The molecule has 0 unspecified atom stereocenters. The first kappa shape index (κ1) is 18.3. The van der Waals surface area contributed by atoms with Gasteiger partial charge >= 0.3 is 0 Å². The van der Waals surface area contributed by atoms with Crippen LogP contribution < -0.4 is 5.43 Å². The van der Waals surface area contributed by atoms with Crippen LogP contribution in [-0.4, -0.2) is 26.7 Å². The Morgan fingerprint density at radius 2 is 1.96 bits per heavy atom. The van der Waals surface area contributed by atoms with Gasteiger partial charge in [-0.05, 0) is 25.1 Å². The second-order valence-electron chi connectivity index (χ2n) is 5.62. The summed E-state index contributed by atoms with van der Waals surface area (Å²) in [5.41, 5.74) is 4.97. The number of aromatic amines is 1. The zero-order valence-corrected chi connectivity index (χ0v) is 14.9. The summed E-state index contributed by atoms with van der Waals surface area (Å²) >= 11 is 5.86. The number of nitro benzene ring substituents is 1. The van der Waals surface area contributed by atoms with Crippen LogP contribution in [0, 0.1) is 10.1 Å². The molecule has 0 saturated heterocycles. The van der Waals surface area contributed by atoms with Gasteiger partial charge in [-0.1, -0.05) is 35.9 Å². The molecule has 0 aliphatic heterocycles. The number of carbonyl (C=O) groups is 1. The van der Waals surface area contributed by atoms with Crippen molar-refractivity contribution in [2.75, 3.05) is 0 Å². The van der Waals surface area contributed by atoms with Crippen molar-refractivity contribution in [3.8, 4) is 11.3 Å². The van der Waals surface area contributed by atoms with Crippen molar-refractivity contribution in [1.29, 1.82) is 0 Å². The molecule has 2 N–H and O–H groups in total. The molecule has 27 heavy (non-hydrogen) atoms. The number of nitrogens with zero attached hydrogens (tertiary/aromatic N) is 3. The first-order valence-corrected chi connectivity index (χ1v) is 8.22. The Labute approximate surface area is 159 Å². The number of benzene rings is 2. The van der Waals surface area contributed by atoms with E-state index in [1.807, 2.05) is 0 Å². The topological polar surface area (TPSA) is 113 Å². The van der Waals surface area contributed by atoms with Crippen LogP contribution in [0.4, 0.5) is 5.69 Å². The van der Waals surface area contributed by atoms with E-state index in [2.05, 4.69) is 20.7 Å². The summed E-state index contributed by atoms with van der Waals surface area (Å²) in [7, 11) is 0. The summed E-state index contributed by atoms with van der Waals surface area (Å²) in [6, 6.07) is 14.7. The Morgan fingerprint density at radius 3 is 2.67 bits per heavy atom. The highest BCUT2D eigenvalue weighted by atomic mass is 35.5. The van der Waals surface area contributed by atoms with Gasteiger partial charge in [0, 0.05) is 28.3 Å². The Bertz CT molecular complexity index is 1030. The first-order chi connectivity index (χ1) is 12.9. The third-order valence-electron chi connectivity index (χ3n) is 3.76. The third-order valence-corrected chi connectivity index (χ3v) is 4.01. The molecular formula is C18H14ClN5O3.